The maximum Gasteiger partial charge on any atom is 0.295 e. The van der Waals surface area contributed by atoms with Gasteiger partial charge in [-0.1, -0.05) is 30.3 Å². The van der Waals surface area contributed by atoms with Gasteiger partial charge in [0.15, 0.2) is 0 Å². The molecule has 4 aromatic rings. The van der Waals surface area contributed by atoms with Gasteiger partial charge in [-0.05, 0) is 68.6 Å². The average molecular weight is 567 g/mol. The van der Waals surface area contributed by atoms with Crippen LogP contribution in [0.4, 0.5) is 11.4 Å². The minimum Gasteiger partial charge on any atom is -0.492 e. The number of hydrogen-bond acceptors (Lipinski definition) is 6. The Morgan fingerprint density at radius 3 is 2.28 bits per heavy atom. The molecule has 0 saturated heterocycles. The van der Waals surface area contributed by atoms with Gasteiger partial charge in [-0.2, -0.15) is 0 Å². The third-order valence-electron chi connectivity index (χ3n) is 6.19. The molecule has 0 unspecified atom stereocenters. The standard InChI is InChI=1S/C28H30N4O5S2/c1-5-37-25-14-10-9-13-24(25)31(39(35,36)23-17-15-22(38-4)16-18-23)19-26(33)29-27-20(2)30(3)32(28(27)34)21-11-7-6-8-12-21/h6-18H,5,19H2,1-4H3,(H,29,33). The van der Waals surface area contributed by atoms with Crippen LogP contribution in [0.15, 0.2) is 93.4 Å². The van der Waals surface area contributed by atoms with Crippen molar-refractivity contribution in [1.82, 2.24) is 9.36 Å². The lowest BCUT2D eigenvalue weighted by atomic mass is 10.3. The quantitative estimate of drug-likeness (QED) is 0.285. The molecule has 0 radical (unpaired) electrons. The van der Waals surface area contributed by atoms with Gasteiger partial charge in [0.05, 0.1) is 28.6 Å². The molecule has 0 aliphatic rings. The summed E-state index contributed by atoms with van der Waals surface area (Å²) < 4.78 is 37.5. The number of amides is 1. The average Bonchev–Trinajstić information content (AvgIpc) is 3.15. The molecule has 39 heavy (non-hydrogen) atoms. The molecule has 0 spiro atoms. The predicted molar refractivity (Wildman–Crippen MR) is 155 cm³/mol. The zero-order valence-electron chi connectivity index (χ0n) is 22.1. The summed E-state index contributed by atoms with van der Waals surface area (Å²) in [7, 11) is -2.46. The van der Waals surface area contributed by atoms with Crippen molar-refractivity contribution in [1.29, 1.82) is 0 Å². The van der Waals surface area contributed by atoms with E-state index in [-0.39, 0.29) is 16.3 Å². The highest BCUT2D eigenvalue weighted by Gasteiger charge is 2.30. The summed E-state index contributed by atoms with van der Waals surface area (Å²) >= 11 is 1.49. The van der Waals surface area contributed by atoms with Crippen LogP contribution in [0.1, 0.15) is 12.6 Å². The topological polar surface area (TPSA) is 103 Å². The number of carbonyl (C=O) groups is 1. The Labute approximate surface area is 232 Å². The highest BCUT2D eigenvalue weighted by molar-refractivity contribution is 7.98. The van der Waals surface area contributed by atoms with E-state index < -0.39 is 28.0 Å². The first-order chi connectivity index (χ1) is 18.7. The Bertz CT molecular complexity index is 1630. The van der Waals surface area contributed by atoms with Gasteiger partial charge in [0.2, 0.25) is 5.91 Å². The van der Waals surface area contributed by atoms with Crippen molar-refractivity contribution in [3.05, 3.63) is 94.9 Å². The predicted octanol–water partition coefficient (Wildman–Crippen LogP) is 4.44. The minimum atomic E-state index is -4.18. The van der Waals surface area contributed by atoms with Crippen molar-refractivity contribution in [3.63, 3.8) is 0 Å². The van der Waals surface area contributed by atoms with Crippen molar-refractivity contribution in [2.45, 2.75) is 23.6 Å². The molecule has 0 bridgehead atoms. The molecule has 1 aromatic heterocycles. The Kier molecular flexibility index (Phi) is 8.51. The van der Waals surface area contributed by atoms with Crippen LogP contribution in [0.3, 0.4) is 0 Å². The first-order valence-electron chi connectivity index (χ1n) is 12.2. The maximum atomic E-state index is 13.9. The van der Waals surface area contributed by atoms with Crippen molar-refractivity contribution in [3.8, 4) is 11.4 Å². The van der Waals surface area contributed by atoms with Crippen LogP contribution in [0.5, 0.6) is 5.75 Å². The summed E-state index contributed by atoms with van der Waals surface area (Å²) in [6.45, 7) is 3.24. The van der Waals surface area contributed by atoms with E-state index in [1.165, 1.54) is 28.6 Å². The lowest BCUT2D eigenvalue weighted by Gasteiger charge is -2.26. The van der Waals surface area contributed by atoms with E-state index in [0.29, 0.717) is 23.7 Å². The Balaban J connectivity index is 1.73. The van der Waals surface area contributed by atoms with Crippen LogP contribution >= 0.6 is 11.8 Å². The van der Waals surface area contributed by atoms with Crippen molar-refractivity contribution >= 4 is 39.1 Å². The SMILES string of the molecule is CCOc1ccccc1N(CC(=O)Nc1c(C)n(C)n(-c2ccccc2)c1=O)S(=O)(=O)c1ccc(SC)cc1. The molecular weight excluding hydrogens is 536 g/mol. The van der Waals surface area contributed by atoms with Crippen LogP contribution in [0, 0.1) is 6.92 Å². The third-order valence-corrected chi connectivity index (χ3v) is 8.70. The van der Waals surface area contributed by atoms with Crippen LogP contribution < -0.4 is 19.9 Å². The molecule has 1 N–H and O–H groups in total. The second-order valence-electron chi connectivity index (χ2n) is 8.57. The number of para-hydroxylation sites is 3. The van der Waals surface area contributed by atoms with E-state index in [4.69, 9.17) is 4.74 Å². The number of carbonyl (C=O) groups excluding carboxylic acids is 1. The Hall–Kier alpha value is -3.96. The summed E-state index contributed by atoms with van der Waals surface area (Å²) in [5, 5.41) is 2.66. The van der Waals surface area contributed by atoms with Gasteiger partial charge in [-0.25, -0.2) is 13.1 Å². The summed E-state index contributed by atoms with van der Waals surface area (Å²) in [5.41, 5.74) is 1.03. The molecule has 0 aliphatic carbocycles. The summed E-state index contributed by atoms with van der Waals surface area (Å²) in [5.74, 6) is -0.351. The molecule has 11 heteroatoms. The van der Waals surface area contributed by atoms with Gasteiger partial charge in [0, 0.05) is 11.9 Å². The zero-order chi connectivity index (χ0) is 28.2. The normalized spacial score (nSPS) is 11.3. The summed E-state index contributed by atoms with van der Waals surface area (Å²) in [4.78, 5) is 27.6. The molecule has 0 aliphatic heterocycles. The fraction of sp³-hybridized carbons (Fsp3) is 0.214. The molecule has 0 atom stereocenters. The van der Waals surface area contributed by atoms with E-state index in [1.807, 2.05) is 24.5 Å². The van der Waals surface area contributed by atoms with Crippen molar-refractivity contribution in [2.75, 3.05) is 29.0 Å². The largest absolute Gasteiger partial charge is 0.492 e. The fourth-order valence-corrected chi connectivity index (χ4v) is 5.98. The Morgan fingerprint density at radius 1 is 1.00 bits per heavy atom. The number of sulfonamides is 1. The number of nitrogens with zero attached hydrogens (tertiary/aromatic N) is 3. The van der Waals surface area contributed by atoms with E-state index in [0.717, 1.165) is 9.20 Å². The number of hydrogen-bond donors (Lipinski definition) is 1. The van der Waals surface area contributed by atoms with E-state index >= 15 is 0 Å². The Morgan fingerprint density at radius 2 is 1.64 bits per heavy atom. The molecule has 3 aromatic carbocycles. The number of anilines is 2. The summed E-state index contributed by atoms with van der Waals surface area (Å²) in [6, 6.07) is 22.1. The summed E-state index contributed by atoms with van der Waals surface area (Å²) in [6.07, 6.45) is 1.90. The molecular formula is C28H30N4O5S2. The smallest absolute Gasteiger partial charge is 0.295 e. The van der Waals surface area contributed by atoms with Gasteiger partial charge in [0.25, 0.3) is 15.6 Å². The number of thioether (sulfide) groups is 1. The fourth-order valence-electron chi connectivity index (χ4n) is 4.14. The maximum absolute atomic E-state index is 13.9. The molecule has 9 nitrogen and oxygen atoms in total. The van der Waals surface area contributed by atoms with Crippen molar-refractivity contribution in [2.24, 2.45) is 7.05 Å². The monoisotopic (exact) mass is 566 g/mol. The van der Waals surface area contributed by atoms with Gasteiger partial charge in [0.1, 0.15) is 18.0 Å². The molecule has 4 rings (SSSR count). The number of ether oxygens (including phenoxy) is 1. The van der Waals surface area contributed by atoms with Crippen LogP contribution in [-0.2, 0) is 21.9 Å². The van der Waals surface area contributed by atoms with E-state index in [2.05, 4.69) is 5.32 Å². The van der Waals surface area contributed by atoms with Gasteiger partial charge in [-0.3, -0.25) is 18.6 Å². The number of benzene rings is 3. The van der Waals surface area contributed by atoms with Gasteiger partial charge in [-0.15, -0.1) is 11.8 Å². The van der Waals surface area contributed by atoms with E-state index in [1.54, 1.807) is 74.1 Å². The number of rotatable bonds is 10. The first kappa shape index (κ1) is 28.1. The molecule has 1 heterocycles. The van der Waals surface area contributed by atoms with Crippen molar-refractivity contribution < 1.29 is 17.9 Å². The lowest BCUT2D eigenvalue weighted by molar-refractivity contribution is -0.114. The van der Waals surface area contributed by atoms with E-state index in [9.17, 15) is 18.0 Å². The van der Waals surface area contributed by atoms with Crippen LogP contribution in [0.25, 0.3) is 5.69 Å². The highest BCUT2D eigenvalue weighted by Crippen LogP contribution is 2.33. The zero-order valence-corrected chi connectivity index (χ0v) is 23.8. The number of aromatic nitrogens is 2. The molecule has 0 fully saturated rings. The highest BCUT2D eigenvalue weighted by atomic mass is 32.2. The first-order valence-corrected chi connectivity index (χ1v) is 14.9. The molecule has 1 amide bonds. The van der Waals surface area contributed by atoms with Crippen LogP contribution in [-0.4, -0.2) is 43.1 Å². The second-order valence-corrected chi connectivity index (χ2v) is 11.3. The van der Waals surface area contributed by atoms with Gasteiger partial charge >= 0.3 is 0 Å². The minimum absolute atomic E-state index is 0.0294. The van der Waals surface area contributed by atoms with Crippen LogP contribution in [0.2, 0.25) is 0 Å². The van der Waals surface area contributed by atoms with Gasteiger partial charge < -0.3 is 10.1 Å². The second kappa shape index (κ2) is 11.8. The number of nitrogens with one attached hydrogen (secondary N) is 1. The third kappa shape index (κ3) is 5.74. The lowest BCUT2D eigenvalue weighted by Crippen LogP contribution is -2.39. The molecule has 204 valence electrons. The molecule has 0 saturated carbocycles.